The van der Waals surface area contributed by atoms with E-state index < -0.39 is 0 Å². The minimum Gasteiger partial charge on any atom is -0.324 e. The van der Waals surface area contributed by atoms with Crippen LogP contribution in [0.15, 0.2) is 65.0 Å². The SMILES string of the molecule is Cc1ccc(Cl)cc1NC(=O)Cn1cnc2scc(-c3ccccc3)c2c1=O. The van der Waals surface area contributed by atoms with E-state index in [9.17, 15) is 9.59 Å². The first-order valence-electron chi connectivity index (χ1n) is 8.61. The number of carbonyl (C=O) groups is 1. The van der Waals surface area contributed by atoms with Crippen LogP contribution in [-0.2, 0) is 11.3 Å². The topological polar surface area (TPSA) is 64.0 Å². The highest BCUT2D eigenvalue weighted by Gasteiger charge is 2.15. The number of nitrogens with zero attached hydrogens (tertiary/aromatic N) is 2. The summed E-state index contributed by atoms with van der Waals surface area (Å²) >= 11 is 7.42. The van der Waals surface area contributed by atoms with Gasteiger partial charge in [-0.2, -0.15) is 0 Å². The van der Waals surface area contributed by atoms with Crippen LogP contribution in [0.2, 0.25) is 5.02 Å². The number of thiophene rings is 1. The summed E-state index contributed by atoms with van der Waals surface area (Å²) in [7, 11) is 0. The molecule has 0 aliphatic carbocycles. The predicted molar refractivity (Wildman–Crippen MR) is 114 cm³/mol. The van der Waals surface area contributed by atoms with Gasteiger partial charge >= 0.3 is 0 Å². The Bertz CT molecular complexity index is 1230. The minimum absolute atomic E-state index is 0.127. The molecule has 0 aliphatic heterocycles. The third kappa shape index (κ3) is 3.56. The van der Waals surface area contributed by atoms with Crippen LogP contribution in [0, 0.1) is 6.92 Å². The lowest BCUT2D eigenvalue weighted by molar-refractivity contribution is -0.116. The molecule has 4 rings (SSSR count). The molecule has 0 spiro atoms. The number of nitrogens with one attached hydrogen (secondary N) is 1. The van der Waals surface area contributed by atoms with Crippen molar-refractivity contribution in [2.24, 2.45) is 0 Å². The summed E-state index contributed by atoms with van der Waals surface area (Å²) in [6, 6.07) is 15.0. The lowest BCUT2D eigenvalue weighted by Crippen LogP contribution is -2.28. The van der Waals surface area contributed by atoms with Crippen molar-refractivity contribution in [3.8, 4) is 11.1 Å². The summed E-state index contributed by atoms with van der Waals surface area (Å²) in [5.74, 6) is -0.315. The second-order valence-electron chi connectivity index (χ2n) is 6.38. The van der Waals surface area contributed by atoms with E-state index in [2.05, 4.69) is 10.3 Å². The number of carbonyl (C=O) groups excluding carboxylic acids is 1. The minimum atomic E-state index is -0.315. The molecule has 1 N–H and O–H groups in total. The molecule has 0 saturated heterocycles. The highest BCUT2D eigenvalue weighted by Crippen LogP contribution is 2.30. The molecule has 2 heterocycles. The quantitative estimate of drug-likeness (QED) is 0.530. The van der Waals surface area contributed by atoms with Crippen LogP contribution in [0.25, 0.3) is 21.3 Å². The Morgan fingerprint density at radius 1 is 1.21 bits per heavy atom. The summed E-state index contributed by atoms with van der Waals surface area (Å²) in [5, 5.41) is 5.80. The molecule has 2 aromatic heterocycles. The Morgan fingerprint density at radius 2 is 2.00 bits per heavy atom. The van der Waals surface area contributed by atoms with Gasteiger partial charge < -0.3 is 5.32 Å². The summed E-state index contributed by atoms with van der Waals surface area (Å²) in [6.07, 6.45) is 1.42. The van der Waals surface area contributed by atoms with E-state index in [1.165, 1.54) is 22.2 Å². The molecule has 0 unspecified atom stereocenters. The number of anilines is 1. The van der Waals surface area contributed by atoms with Crippen molar-refractivity contribution < 1.29 is 4.79 Å². The number of halogens is 1. The summed E-state index contributed by atoms with van der Waals surface area (Å²) in [6.45, 7) is 1.75. The monoisotopic (exact) mass is 409 g/mol. The van der Waals surface area contributed by atoms with Crippen molar-refractivity contribution in [3.05, 3.63) is 81.2 Å². The van der Waals surface area contributed by atoms with E-state index in [1.54, 1.807) is 12.1 Å². The van der Waals surface area contributed by atoms with Crippen molar-refractivity contribution in [2.75, 3.05) is 5.32 Å². The molecule has 0 radical (unpaired) electrons. The smallest absolute Gasteiger partial charge is 0.263 e. The van der Waals surface area contributed by atoms with Gasteiger partial charge in [-0.3, -0.25) is 14.2 Å². The Hall–Kier alpha value is -2.96. The molecule has 28 heavy (non-hydrogen) atoms. The predicted octanol–water partition coefficient (Wildman–Crippen LogP) is 4.73. The lowest BCUT2D eigenvalue weighted by Gasteiger charge is -2.10. The lowest BCUT2D eigenvalue weighted by atomic mass is 10.1. The Morgan fingerprint density at radius 3 is 2.79 bits per heavy atom. The molecule has 7 heteroatoms. The molecule has 0 saturated carbocycles. The van der Waals surface area contributed by atoms with Crippen LogP contribution in [0.3, 0.4) is 0 Å². The number of rotatable bonds is 4. The van der Waals surface area contributed by atoms with Crippen molar-refractivity contribution in [2.45, 2.75) is 13.5 Å². The van der Waals surface area contributed by atoms with Crippen LogP contribution in [0.5, 0.6) is 0 Å². The van der Waals surface area contributed by atoms with Crippen molar-refractivity contribution in [1.29, 1.82) is 0 Å². The van der Waals surface area contributed by atoms with E-state index in [1.807, 2.05) is 48.7 Å². The van der Waals surface area contributed by atoms with Crippen LogP contribution in [0.1, 0.15) is 5.56 Å². The molecule has 0 fully saturated rings. The molecule has 5 nitrogen and oxygen atoms in total. The maximum absolute atomic E-state index is 13.0. The number of hydrogen-bond donors (Lipinski definition) is 1. The van der Waals surface area contributed by atoms with Gasteiger partial charge in [0.15, 0.2) is 0 Å². The van der Waals surface area contributed by atoms with E-state index in [4.69, 9.17) is 11.6 Å². The second kappa shape index (κ2) is 7.58. The van der Waals surface area contributed by atoms with Crippen LogP contribution >= 0.6 is 22.9 Å². The highest BCUT2D eigenvalue weighted by molar-refractivity contribution is 7.17. The van der Waals surface area contributed by atoms with Crippen LogP contribution in [0.4, 0.5) is 5.69 Å². The number of amides is 1. The normalized spacial score (nSPS) is 10.9. The van der Waals surface area contributed by atoms with Gasteiger partial charge in [-0.1, -0.05) is 48.0 Å². The fraction of sp³-hybridized carbons (Fsp3) is 0.0952. The average molecular weight is 410 g/mol. The molecule has 140 valence electrons. The first kappa shape index (κ1) is 18.4. The van der Waals surface area contributed by atoms with Gasteiger partial charge in [-0.25, -0.2) is 4.98 Å². The van der Waals surface area contributed by atoms with E-state index >= 15 is 0 Å². The van der Waals surface area contributed by atoms with E-state index in [0.29, 0.717) is 20.9 Å². The molecule has 0 aliphatic rings. The second-order valence-corrected chi connectivity index (χ2v) is 7.68. The third-order valence-electron chi connectivity index (χ3n) is 4.43. The third-order valence-corrected chi connectivity index (χ3v) is 5.55. The highest BCUT2D eigenvalue weighted by atomic mass is 35.5. The zero-order valence-electron chi connectivity index (χ0n) is 15.0. The number of benzene rings is 2. The Labute approximate surface area is 170 Å². The van der Waals surface area contributed by atoms with Crippen LogP contribution < -0.4 is 10.9 Å². The molecule has 0 bridgehead atoms. The van der Waals surface area contributed by atoms with Crippen molar-refractivity contribution in [3.63, 3.8) is 0 Å². The first-order chi connectivity index (χ1) is 13.5. The van der Waals surface area contributed by atoms with Crippen molar-refractivity contribution >= 4 is 44.7 Å². The Balaban J connectivity index is 1.66. The number of aryl methyl sites for hydroxylation is 1. The first-order valence-corrected chi connectivity index (χ1v) is 9.87. The summed E-state index contributed by atoms with van der Waals surface area (Å²) in [5.41, 5.74) is 3.06. The summed E-state index contributed by atoms with van der Waals surface area (Å²) in [4.78, 5) is 30.5. The van der Waals surface area contributed by atoms with Gasteiger partial charge in [0.2, 0.25) is 5.91 Å². The van der Waals surface area contributed by atoms with Gasteiger partial charge in [0.05, 0.1) is 11.7 Å². The Kier molecular flexibility index (Phi) is 4.98. The number of fused-ring (bicyclic) bond motifs is 1. The largest absolute Gasteiger partial charge is 0.324 e. The maximum Gasteiger partial charge on any atom is 0.263 e. The van der Waals surface area contributed by atoms with E-state index in [0.717, 1.165) is 16.7 Å². The zero-order valence-corrected chi connectivity index (χ0v) is 16.6. The van der Waals surface area contributed by atoms with Gasteiger partial charge in [-0.05, 0) is 30.2 Å². The molecular weight excluding hydrogens is 394 g/mol. The average Bonchev–Trinajstić information content (AvgIpc) is 3.12. The number of hydrogen-bond acceptors (Lipinski definition) is 4. The van der Waals surface area contributed by atoms with Crippen LogP contribution in [-0.4, -0.2) is 15.5 Å². The van der Waals surface area contributed by atoms with E-state index in [-0.39, 0.29) is 18.0 Å². The zero-order chi connectivity index (χ0) is 19.7. The fourth-order valence-electron chi connectivity index (χ4n) is 2.98. The molecule has 2 aromatic carbocycles. The molecular formula is C21H16ClN3O2S. The van der Waals surface area contributed by atoms with Gasteiger partial charge in [0.25, 0.3) is 5.56 Å². The standard InChI is InChI=1S/C21H16ClN3O2S/c1-13-7-8-15(22)9-17(13)24-18(26)10-25-12-23-20-19(21(25)27)16(11-28-20)14-5-3-2-4-6-14/h2-9,11-12H,10H2,1H3,(H,24,26). The molecule has 0 atom stereocenters. The summed E-state index contributed by atoms with van der Waals surface area (Å²) < 4.78 is 1.33. The molecule has 4 aromatic rings. The molecule has 1 amide bonds. The maximum atomic E-state index is 13.0. The fourth-order valence-corrected chi connectivity index (χ4v) is 4.06. The van der Waals surface area contributed by atoms with Gasteiger partial charge in [0, 0.05) is 21.7 Å². The van der Waals surface area contributed by atoms with Gasteiger partial charge in [-0.15, -0.1) is 11.3 Å². The van der Waals surface area contributed by atoms with Crippen molar-refractivity contribution in [1.82, 2.24) is 9.55 Å². The van der Waals surface area contributed by atoms with Gasteiger partial charge in [0.1, 0.15) is 11.4 Å². The number of aromatic nitrogens is 2.